The summed E-state index contributed by atoms with van der Waals surface area (Å²) in [5.41, 5.74) is 1.75. The highest BCUT2D eigenvalue weighted by Gasteiger charge is 2.28. The van der Waals surface area contributed by atoms with Gasteiger partial charge < -0.3 is 15.0 Å². The molecular weight excluding hydrogens is 461 g/mol. The van der Waals surface area contributed by atoms with Crippen LogP contribution in [0.2, 0.25) is 5.02 Å². The number of methoxy groups -OCH3 is 1. The number of likely N-dealkylation sites (N-methyl/N-ethyl adjacent to an activating group) is 1. The van der Waals surface area contributed by atoms with Gasteiger partial charge in [0.25, 0.3) is 0 Å². The van der Waals surface area contributed by atoms with Crippen molar-refractivity contribution < 1.29 is 13.9 Å². The number of benzene rings is 1. The first-order chi connectivity index (χ1) is 16.4. The van der Waals surface area contributed by atoms with Crippen LogP contribution in [0.3, 0.4) is 0 Å². The highest BCUT2D eigenvalue weighted by molar-refractivity contribution is 6.31. The lowest BCUT2D eigenvalue weighted by molar-refractivity contribution is -0.142. The summed E-state index contributed by atoms with van der Waals surface area (Å²) in [6, 6.07) is 4.99. The van der Waals surface area contributed by atoms with E-state index in [9.17, 15) is 9.18 Å². The van der Waals surface area contributed by atoms with E-state index in [0.717, 1.165) is 25.7 Å². The van der Waals surface area contributed by atoms with Crippen LogP contribution in [-0.4, -0.2) is 70.6 Å². The first kappa shape index (κ1) is 24.0. The summed E-state index contributed by atoms with van der Waals surface area (Å²) in [4.78, 5) is 33.6. The summed E-state index contributed by atoms with van der Waals surface area (Å²) in [5.74, 6) is 0.352. The number of nitrogens with one attached hydrogen (secondary N) is 1. The maximum atomic E-state index is 13.5. The molecule has 3 aromatic rings. The monoisotopic (exact) mass is 487 g/mol. The molecule has 0 bridgehead atoms. The number of esters is 1. The molecule has 0 radical (unpaired) electrons. The van der Waals surface area contributed by atoms with Gasteiger partial charge in [-0.05, 0) is 50.9 Å². The van der Waals surface area contributed by atoms with Crippen LogP contribution in [0.1, 0.15) is 25.7 Å². The van der Waals surface area contributed by atoms with E-state index >= 15 is 0 Å². The molecule has 0 unspecified atom stereocenters. The first-order valence-electron chi connectivity index (χ1n) is 11.1. The third kappa shape index (κ3) is 5.34. The number of carbonyl (C=O) groups is 1. The maximum Gasteiger partial charge on any atom is 0.319 e. The molecule has 1 aromatic carbocycles. The van der Waals surface area contributed by atoms with Crippen molar-refractivity contribution >= 4 is 46.1 Å². The van der Waals surface area contributed by atoms with E-state index in [1.54, 1.807) is 12.3 Å². The van der Waals surface area contributed by atoms with Crippen molar-refractivity contribution in [2.24, 2.45) is 0 Å². The molecule has 2 heterocycles. The molecule has 1 fully saturated rings. The lowest BCUT2D eigenvalue weighted by Crippen LogP contribution is -2.43. The zero-order valence-corrected chi connectivity index (χ0v) is 20.1. The summed E-state index contributed by atoms with van der Waals surface area (Å²) in [5, 5.41) is 3.16. The van der Waals surface area contributed by atoms with E-state index in [1.165, 1.54) is 25.6 Å². The molecule has 1 saturated carbocycles. The third-order valence-electron chi connectivity index (χ3n) is 6.31. The average molecular weight is 488 g/mol. The molecule has 1 aliphatic rings. The summed E-state index contributed by atoms with van der Waals surface area (Å²) in [7, 11) is 5.36. The smallest absolute Gasteiger partial charge is 0.319 e. The van der Waals surface area contributed by atoms with Gasteiger partial charge in [0.1, 0.15) is 23.2 Å². The number of anilines is 3. The molecular formula is C23H27ClFN7O2. The Hall–Kier alpha value is -3.11. The lowest BCUT2D eigenvalue weighted by atomic mass is 9.89. The van der Waals surface area contributed by atoms with Gasteiger partial charge in [-0.3, -0.25) is 9.69 Å². The van der Waals surface area contributed by atoms with Gasteiger partial charge in [-0.25, -0.2) is 24.3 Å². The zero-order chi connectivity index (χ0) is 24.2. The molecule has 1 N–H and O–H groups in total. The van der Waals surface area contributed by atoms with Crippen molar-refractivity contribution in [2.75, 3.05) is 38.0 Å². The van der Waals surface area contributed by atoms with Crippen LogP contribution in [0.15, 0.2) is 30.7 Å². The number of fused-ring (bicyclic) bond motifs is 1. The minimum atomic E-state index is -0.489. The van der Waals surface area contributed by atoms with E-state index in [4.69, 9.17) is 21.3 Å². The minimum absolute atomic E-state index is 0.0197. The predicted molar refractivity (Wildman–Crippen MR) is 129 cm³/mol. The van der Waals surface area contributed by atoms with E-state index in [0.29, 0.717) is 41.1 Å². The second-order valence-corrected chi connectivity index (χ2v) is 8.85. The summed E-state index contributed by atoms with van der Waals surface area (Å²) < 4.78 is 18.3. The Kier molecular flexibility index (Phi) is 7.38. The Morgan fingerprint density at radius 2 is 1.91 bits per heavy atom. The quantitative estimate of drug-likeness (QED) is 0.499. The molecule has 180 valence electrons. The van der Waals surface area contributed by atoms with Crippen molar-refractivity contribution in [3.63, 3.8) is 0 Å². The fourth-order valence-corrected chi connectivity index (χ4v) is 4.44. The Morgan fingerprint density at radius 1 is 1.18 bits per heavy atom. The summed E-state index contributed by atoms with van der Waals surface area (Å²) in [6.07, 6.45) is 6.95. The molecule has 0 spiro atoms. The largest absolute Gasteiger partial charge is 0.468 e. The molecule has 0 amide bonds. The van der Waals surface area contributed by atoms with Crippen LogP contribution in [0.25, 0.3) is 11.0 Å². The Morgan fingerprint density at radius 3 is 2.62 bits per heavy atom. The standard InChI is InChI=1S/C23H27ClFN7O2/c1-31(12-20(33)34-3)15-5-7-16(8-6-15)32(2)23-26-11-19-21(30-23)22(28-13-27-19)29-14-4-9-18(25)17(24)10-14/h4,9-11,13,15-16H,5-8,12H2,1-3H3,(H,27,28,29)/t15-,16-. The number of aromatic nitrogens is 4. The number of carbonyl (C=O) groups excluding carboxylic acids is 1. The third-order valence-corrected chi connectivity index (χ3v) is 6.60. The number of ether oxygens (including phenoxy) is 1. The zero-order valence-electron chi connectivity index (χ0n) is 19.3. The molecule has 34 heavy (non-hydrogen) atoms. The summed E-state index contributed by atoms with van der Waals surface area (Å²) >= 11 is 5.91. The van der Waals surface area contributed by atoms with Gasteiger partial charge in [0, 0.05) is 24.8 Å². The van der Waals surface area contributed by atoms with Crippen LogP contribution >= 0.6 is 11.6 Å². The number of hydrogen-bond acceptors (Lipinski definition) is 9. The van der Waals surface area contributed by atoms with E-state index in [1.807, 2.05) is 14.1 Å². The Bertz CT molecular complexity index is 1170. The molecule has 2 aromatic heterocycles. The van der Waals surface area contributed by atoms with Crippen LogP contribution < -0.4 is 10.2 Å². The molecule has 1 aliphatic carbocycles. The van der Waals surface area contributed by atoms with Crippen LogP contribution in [0, 0.1) is 5.82 Å². The second-order valence-electron chi connectivity index (χ2n) is 8.44. The SMILES string of the molecule is COC(=O)CN(C)[C@H]1CC[C@H](N(C)c2ncc3ncnc(Nc4ccc(F)c(Cl)c4)c3n2)CC1. The van der Waals surface area contributed by atoms with Crippen molar-refractivity contribution in [3.8, 4) is 0 Å². The normalized spacial score (nSPS) is 18.2. The van der Waals surface area contributed by atoms with Crippen LogP contribution in [0.5, 0.6) is 0 Å². The number of rotatable bonds is 7. The highest BCUT2D eigenvalue weighted by atomic mass is 35.5. The Labute approximate surface area is 202 Å². The second kappa shape index (κ2) is 10.4. The Balaban J connectivity index is 1.48. The van der Waals surface area contributed by atoms with Gasteiger partial charge in [0.05, 0.1) is 24.9 Å². The average Bonchev–Trinajstić information content (AvgIpc) is 2.85. The van der Waals surface area contributed by atoms with Gasteiger partial charge in [0.2, 0.25) is 5.95 Å². The first-order valence-corrected chi connectivity index (χ1v) is 11.4. The van der Waals surface area contributed by atoms with Crippen molar-refractivity contribution in [3.05, 3.63) is 41.6 Å². The fraction of sp³-hybridized carbons (Fsp3) is 0.435. The molecule has 0 aliphatic heterocycles. The molecule has 9 nitrogen and oxygen atoms in total. The number of nitrogens with zero attached hydrogens (tertiary/aromatic N) is 6. The molecule has 4 rings (SSSR count). The van der Waals surface area contributed by atoms with Gasteiger partial charge in [-0.2, -0.15) is 0 Å². The van der Waals surface area contributed by atoms with Crippen LogP contribution in [-0.2, 0) is 9.53 Å². The topological polar surface area (TPSA) is 96.4 Å². The van der Waals surface area contributed by atoms with Gasteiger partial charge in [-0.1, -0.05) is 11.6 Å². The summed E-state index contributed by atoms with van der Waals surface area (Å²) in [6.45, 7) is 0.296. The highest BCUT2D eigenvalue weighted by Crippen LogP contribution is 2.29. The lowest BCUT2D eigenvalue weighted by Gasteiger charge is -2.37. The van der Waals surface area contributed by atoms with Crippen molar-refractivity contribution in [1.82, 2.24) is 24.8 Å². The molecule has 0 atom stereocenters. The number of hydrogen-bond donors (Lipinski definition) is 1. The van der Waals surface area contributed by atoms with Crippen molar-refractivity contribution in [2.45, 2.75) is 37.8 Å². The van der Waals surface area contributed by atoms with Gasteiger partial charge in [-0.15, -0.1) is 0 Å². The van der Waals surface area contributed by atoms with E-state index < -0.39 is 5.82 Å². The number of halogens is 2. The van der Waals surface area contributed by atoms with E-state index in [-0.39, 0.29) is 17.0 Å². The van der Waals surface area contributed by atoms with E-state index in [2.05, 4.69) is 30.1 Å². The molecule has 0 saturated heterocycles. The maximum absolute atomic E-state index is 13.5. The molecule has 11 heteroatoms. The van der Waals surface area contributed by atoms with Gasteiger partial charge in [0.15, 0.2) is 5.82 Å². The fourth-order valence-electron chi connectivity index (χ4n) is 4.26. The van der Waals surface area contributed by atoms with Crippen LogP contribution in [0.4, 0.5) is 21.8 Å². The van der Waals surface area contributed by atoms with Crippen molar-refractivity contribution in [1.29, 1.82) is 0 Å². The minimum Gasteiger partial charge on any atom is -0.468 e. The predicted octanol–water partition coefficient (Wildman–Crippen LogP) is 3.81. The van der Waals surface area contributed by atoms with Gasteiger partial charge >= 0.3 is 5.97 Å².